The van der Waals surface area contributed by atoms with Crippen LogP contribution in [-0.4, -0.2) is 48.4 Å². The lowest BCUT2D eigenvalue weighted by atomic mass is 9.79. The van der Waals surface area contributed by atoms with Crippen LogP contribution in [0.1, 0.15) is 59.4 Å². The summed E-state index contributed by atoms with van der Waals surface area (Å²) in [5, 5.41) is 6.98. The zero-order valence-corrected chi connectivity index (χ0v) is 21.5. The van der Waals surface area contributed by atoms with Gasteiger partial charge in [-0.2, -0.15) is 0 Å². The molecule has 1 amide bonds. The number of rotatable bonds is 9. The van der Waals surface area contributed by atoms with Crippen LogP contribution in [0.2, 0.25) is 0 Å². The van der Waals surface area contributed by atoms with Gasteiger partial charge in [-0.05, 0) is 60.9 Å². The molecule has 2 heterocycles. The van der Waals surface area contributed by atoms with Gasteiger partial charge in [0.2, 0.25) is 0 Å². The first kappa shape index (κ1) is 24.5. The number of carbonyl (C=O) groups excluding carboxylic acids is 1. The molecule has 0 aliphatic carbocycles. The third kappa shape index (κ3) is 5.18. The third-order valence-electron chi connectivity index (χ3n) is 7.92. The van der Waals surface area contributed by atoms with Gasteiger partial charge in [-0.3, -0.25) is 9.69 Å². The summed E-state index contributed by atoms with van der Waals surface area (Å²) in [6, 6.07) is 28.3. The fraction of sp³-hybridized carbons (Fsp3) is 0.387. The zero-order valence-electron chi connectivity index (χ0n) is 21.5. The fourth-order valence-corrected chi connectivity index (χ4v) is 5.97. The largest absolute Gasteiger partial charge is 0.378 e. The number of likely N-dealkylation sites (N-methyl/N-ethyl adjacent to an activating group) is 1. The number of amides is 1. The highest BCUT2D eigenvalue weighted by Gasteiger charge is 2.44. The molecule has 2 N–H and O–H groups in total. The van der Waals surface area contributed by atoms with E-state index in [1.54, 1.807) is 0 Å². The quantitative estimate of drug-likeness (QED) is 0.424. The van der Waals surface area contributed by atoms with E-state index in [9.17, 15) is 4.79 Å². The number of hydrogen-bond donors (Lipinski definition) is 2. The second-order valence-corrected chi connectivity index (χ2v) is 9.97. The first-order valence-electron chi connectivity index (χ1n) is 13.4. The molecule has 0 saturated carbocycles. The number of nitrogens with one attached hydrogen (secondary N) is 2. The third-order valence-corrected chi connectivity index (χ3v) is 7.92. The van der Waals surface area contributed by atoms with E-state index in [2.05, 4.69) is 107 Å². The molecule has 0 radical (unpaired) electrons. The predicted octanol–water partition coefficient (Wildman–Crippen LogP) is 5.49. The minimum absolute atomic E-state index is 0.0132. The highest BCUT2D eigenvalue weighted by atomic mass is 16.1. The van der Waals surface area contributed by atoms with Gasteiger partial charge in [0, 0.05) is 42.8 Å². The monoisotopic (exact) mass is 482 g/mol. The zero-order chi connectivity index (χ0) is 24.9. The molecule has 1 fully saturated rings. The van der Waals surface area contributed by atoms with Gasteiger partial charge in [-0.25, -0.2) is 0 Å². The number of carbonyl (C=O) groups is 1. The van der Waals surface area contributed by atoms with Crippen molar-refractivity contribution in [1.29, 1.82) is 0 Å². The molecule has 3 aromatic carbocycles. The maximum Gasteiger partial charge on any atom is 0.251 e. The van der Waals surface area contributed by atoms with Gasteiger partial charge in [0.05, 0.1) is 6.04 Å². The number of anilines is 1. The van der Waals surface area contributed by atoms with Crippen molar-refractivity contribution in [2.24, 2.45) is 5.92 Å². The standard InChI is InChI=1S/C31H38N4O/c1-3-34(4-2)20-18-32-31(36)25-15-16-28-27(21-25)30-26(29(33-28)24-13-9-6-10-14-24)17-19-35(30)22-23-11-7-5-8-12-23/h5-16,21,26,29-30,33H,3-4,17-20,22H2,1-2H3,(H,32,36). The van der Waals surface area contributed by atoms with E-state index in [0.29, 0.717) is 12.5 Å². The van der Waals surface area contributed by atoms with E-state index in [4.69, 9.17) is 0 Å². The first-order chi connectivity index (χ1) is 17.7. The highest BCUT2D eigenvalue weighted by Crippen LogP contribution is 2.51. The minimum Gasteiger partial charge on any atom is -0.378 e. The van der Waals surface area contributed by atoms with E-state index in [1.165, 1.54) is 16.7 Å². The summed E-state index contributed by atoms with van der Waals surface area (Å²) in [5.41, 5.74) is 5.80. The van der Waals surface area contributed by atoms with Crippen molar-refractivity contribution in [3.05, 3.63) is 101 Å². The average Bonchev–Trinajstić information content (AvgIpc) is 3.35. The van der Waals surface area contributed by atoms with Crippen LogP contribution in [0.25, 0.3) is 0 Å². The Bertz CT molecular complexity index is 1150. The number of nitrogens with zero attached hydrogens (tertiary/aromatic N) is 2. The first-order valence-corrected chi connectivity index (χ1v) is 13.4. The molecular formula is C31H38N4O. The molecule has 0 aromatic heterocycles. The van der Waals surface area contributed by atoms with Gasteiger partial charge in [-0.15, -0.1) is 0 Å². The number of benzene rings is 3. The van der Waals surface area contributed by atoms with Gasteiger partial charge < -0.3 is 15.5 Å². The Morgan fingerprint density at radius 2 is 1.72 bits per heavy atom. The lowest BCUT2D eigenvalue weighted by Gasteiger charge is -2.40. The fourth-order valence-electron chi connectivity index (χ4n) is 5.97. The Morgan fingerprint density at radius 1 is 1.00 bits per heavy atom. The maximum atomic E-state index is 13.1. The molecule has 1 saturated heterocycles. The summed E-state index contributed by atoms with van der Waals surface area (Å²) in [4.78, 5) is 18.0. The minimum atomic E-state index is 0.0132. The van der Waals surface area contributed by atoms with E-state index < -0.39 is 0 Å². The molecule has 2 aliphatic rings. The summed E-state index contributed by atoms with van der Waals surface area (Å²) in [7, 11) is 0. The van der Waals surface area contributed by atoms with Gasteiger partial charge in [0.15, 0.2) is 0 Å². The van der Waals surface area contributed by atoms with Gasteiger partial charge in [0.1, 0.15) is 0 Å². The van der Waals surface area contributed by atoms with Crippen molar-refractivity contribution in [2.45, 2.75) is 38.9 Å². The van der Waals surface area contributed by atoms with Crippen LogP contribution in [0.4, 0.5) is 5.69 Å². The number of likely N-dealkylation sites (tertiary alicyclic amines) is 1. The van der Waals surface area contributed by atoms with Crippen molar-refractivity contribution < 1.29 is 4.79 Å². The molecule has 0 spiro atoms. The molecule has 3 aromatic rings. The van der Waals surface area contributed by atoms with Crippen LogP contribution >= 0.6 is 0 Å². The van der Waals surface area contributed by atoms with Crippen molar-refractivity contribution in [2.75, 3.05) is 38.0 Å². The summed E-state index contributed by atoms with van der Waals surface area (Å²) in [5.74, 6) is 0.462. The van der Waals surface area contributed by atoms with Crippen LogP contribution in [0, 0.1) is 5.92 Å². The second kappa shape index (κ2) is 11.3. The molecule has 0 bridgehead atoms. The Balaban J connectivity index is 1.42. The Kier molecular flexibility index (Phi) is 7.69. The van der Waals surface area contributed by atoms with E-state index in [1.807, 2.05) is 6.07 Å². The topological polar surface area (TPSA) is 47.6 Å². The van der Waals surface area contributed by atoms with Crippen molar-refractivity contribution in [1.82, 2.24) is 15.1 Å². The molecule has 188 valence electrons. The maximum absolute atomic E-state index is 13.1. The van der Waals surface area contributed by atoms with Crippen LogP contribution in [0.3, 0.4) is 0 Å². The van der Waals surface area contributed by atoms with E-state index >= 15 is 0 Å². The van der Waals surface area contributed by atoms with Gasteiger partial charge in [0.25, 0.3) is 5.91 Å². The SMILES string of the molecule is CCN(CC)CCNC(=O)c1ccc2c(c1)C1C(CCN1Cc1ccccc1)C(c1ccccc1)N2. The summed E-state index contributed by atoms with van der Waals surface area (Å²) < 4.78 is 0. The molecule has 3 unspecified atom stereocenters. The summed E-state index contributed by atoms with van der Waals surface area (Å²) in [6.07, 6.45) is 1.13. The lowest BCUT2D eigenvalue weighted by Crippen LogP contribution is -2.36. The molecular weight excluding hydrogens is 444 g/mol. The van der Waals surface area contributed by atoms with Crippen LogP contribution in [-0.2, 0) is 6.54 Å². The van der Waals surface area contributed by atoms with Crippen LogP contribution in [0.5, 0.6) is 0 Å². The number of fused-ring (bicyclic) bond motifs is 3. The molecule has 3 atom stereocenters. The van der Waals surface area contributed by atoms with Crippen molar-refractivity contribution >= 4 is 11.6 Å². The molecule has 36 heavy (non-hydrogen) atoms. The Morgan fingerprint density at radius 3 is 2.44 bits per heavy atom. The van der Waals surface area contributed by atoms with E-state index in [0.717, 1.165) is 50.4 Å². The average molecular weight is 483 g/mol. The molecule has 2 aliphatic heterocycles. The second-order valence-electron chi connectivity index (χ2n) is 9.97. The normalized spacial score (nSPS) is 21.0. The number of hydrogen-bond acceptors (Lipinski definition) is 4. The highest BCUT2D eigenvalue weighted by molar-refractivity contribution is 5.95. The van der Waals surface area contributed by atoms with Crippen LogP contribution in [0.15, 0.2) is 78.9 Å². The summed E-state index contributed by atoms with van der Waals surface area (Å²) >= 11 is 0. The van der Waals surface area contributed by atoms with E-state index in [-0.39, 0.29) is 18.0 Å². The van der Waals surface area contributed by atoms with Gasteiger partial charge >= 0.3 is 0 Å². The predicted molar refractivity (Wildman–Crippen MR) is 147 cm³/mol. The van der Waals surface area contributed by atoms with Crippen molar-refractivity contribution in [3.63, 3.8) is 0 Å². The molecule has 5 nitrogen and oxygen atoms in total. The van der Waals surface area contributed by atoms with Crippen LogP contribution < -0.4 is 10.6 Å². The van der Waals surface area contributed by atoms with Crippen molar-refractivity contribution in [3.8, 4) is 0 Å². The molecule has 5 heteroatoms. The molecule has 5 rings (SSSR count). The Labute approximate surface area is 215 Å². The smallest absolute Gasteiger partial charge is 0.251 e. The summed E-state index contributed by atoms with van der Waals surface area (Å²) in [6.45, 7) is 9.82. The van der Waals surface area contributed by atoms with Gasteiger partial charge in [-0.1, -0.05) is 74.5 Å². The lowest BCUT2D eigenvalue weighted by molar-refractivity contribution is 0.0948. The Hall–Kier alpha value is -3.15.